The van der Waals surface area contributed by atoms with E-state index in [1.807, 2.05) is 52.1 Å². The number of ether oxygens (including phenoxy) is 1. The first-order valence-electron chi connectivity index (χ1n) is 14.5. The molecule has 222 valence electrons. The first-order chi connectivity index (χ1) is 18.3. The van der Waals surface area contributed by atoms with E-state index in [0.29, 0.717) is 18.7 Å². The SMILES string of the molecule is CCCCCCCCN(C(=O)C(CCSC)NC(=O)OC(C)(C)C)C(C(=O)NC(C)C)c1ccc(C)c(C)c1. The Morgan fingerprint density at radius 2 is 1.62 bits per heavy atom. The molecular weight excluding hydrogens is 510 g/mol. The van der Waals surface area contributed by atoms with Crippen molar-refractivity contribution in [3.63, 3.8) is 0 Å². The molecule has 1 rings (SSSR count). The van der Waals surface area contributed by atoms with Crippen molar-refractivity contribution in [3.05, 3.63) is 34.9 Å². The third kappa shape index (κ3) is 13.1. The third-order valence-corrected chi connectivity index (χ3v) is 7.12. The van der Waals surface area contributed by atoms with Crippen LogP contribution in [0.3, 0.4) is 0 Å². The summed E-state index contributed by atoms with van der Waals surface area (Å²) in [7, 11) is 0. The second kappa shape index (κ2) is 17.5. The largest absolute Gasteiger partial charge is 0.444 e. The summed E-state index contributed by atoms with van der Waals surface area (Å²) in [4.78, 5) is 42.4. The van der Waals surface area contributed by atoms with Gasteiger partial charge in [-0.1, -0.05) is 57.2 Å². The molecule has 0 saturated heterocycles. The molecule has 1 aromatic rings. The molecule has 0 aliphatic carbocycles. The van der Waals surface area contributed by atoms with Gasteiger partial charge in [-0.3, -0.25) is 9.59 Å². The number of nitrogens with one attached hydrogen (secondary N) is 2. The Morgan fingerprint density at radius 1 is 0.974 bits per heavy atom. The molecule has 8 heteroatoms. The molecule has 0 spiro atoms. The van der Waals surface area contributed by atoms with Crippen molar-refractivity contribution in [2.45, 2.75) is 124 Å². The third-order valence-electron chi connectivity index (χ3n) is 6.47. The topological polar surface area (TPSA) is 87.7 Å². The molecule has 0 aliphatic rings. The van der Waals surface area contributed by atoms with Crippen LogP contribution < -0.4 is 10.6 Å². The molecule has 0 heterocycles. The zero-order valence-electron chi connectivity index (χ0n) is 25.8. The number of amides is 3. The zero-order chi connectivity index (χ0) is 29.6. The molecule has 0 aliphatic heterocycles. The first kappa shape index (κ1) is 34.8. The second-order valence-electron chi connectivity index (χ2n) is 11.7. The van der Waals surface area contributed by atoms with Crippen molar-refractivity contribution in [1.82, 2.24) is 15.5 Å². The monoisotopic (exact) mass is 563 g/mol. The van der Waals surface area contributed by atoms with E-state index >= 15 is 0 Å². The predicted molar refractivity (Wildman–Crippen MR) is 163 cm³/mol. The van der Waals surface area contributed by atoms with Gasteiger partial charge in [0.15, 0.2) is 0 Å². The van der Waals surface area contributed by atoms with Gasteiger partial charge in [0.2, 0.25) is 11.8 Å². The number of thioether (sulfide) groups is 1. The van der Waals surface area contributed by atoms with Crippen LogP contribution in [0.1, 0.15) is 109 Å². The second-order valence-corrected chi connectivity index (χ2v) is 12.7. The lowest BCUT2D eigenvalue weighted by Gasteiger charge is -2.35. The van der Waals surface area contributed by atoms with Crippen molar-refractivity contribution in [2.24, 2.45) is 0 Å². The van der Waals surface area contributed by atoms with Crippen LogP contribution in [-0.2, 0) is 14.3 Å². The summed E-state index contributed by atoms with van der Waals surface area (Å²) in [6.45, 7) is 15.9. The number of carbonyl (C=O) groups excluding carboxylic acids is 3. The minimum Gasteiger partial charge on any atom is -0.444 e. The Labute approximate surface area is 241 Å². The van der Waals surface area contributed by atoms with Gasteiger partial charge < -0.3 is 20.3 Å². The average Bonchev–Trinajstić information content (AvgIpc) is 2.83. The Kier molecular flexibility index (Phi) is 15.6. The van der Waals surface area contributed by atoms with Crippen molar-refractivity contribution in [1.29, 1.82) is 0 Å². The summed E-state index contributed by atoms with van der Waals surface area (Å²) in [6.07, 6.45) is 8.16. The van der Waals surface area contributed by atoms with E-state index in [2.05, 4.69) is 17.6 Å². The van der Waals surface area contributed by atoms with Crippen LogP contribution in [0.15, 0.2) is 18.2 Å². The van der Waals surface area contributed by atoms with E-state index in [0.717, 1.165) is 42.4 Å². The van der Waals surface area contributed by atoms with Crippen molar-refractivity contribution >= 4 is 29.7 Å². The Hall–Kier alpha value is -2.22. The molecule has 2 atom stereocenters. The van der Waals surface area contributed by atoms with E-state index in [1.165, 1.54) is 12.8 Å². The number of benzene rings is 1. The molecule has 0 saturated carbocycles. The van der Waals surface area contributed by atoms with Crippen LogP contribution in [0.4, 0.5) is 4.79 Å². The normalized spacial score (nSPS) is 13.1. The summed E-state index contributed by atoms with van der Waals surface area (Å²) in [6, 6.07) is 4.26. The summed E-state index contributed by atoms with van der Waals surface area (Å²) in [5.41, 5.74) is 2.28. The van der Waals surface area contributed by atoms with E-state index in [9.17, 15) is 14.4 Å². The molecule has 7 nitrogen and oxygen atoms in total. The van der Waals surface area contributed by atoms with Crippen molar-refractivity contribution in [2.75, 3.05) is 18.6 Å². The quantitative estimate of drug-likeness (QED) is 0.218. The fraction of sp³-hybridized carbons (Fsp3) is 0.710. The lowest BCUT2D eigenvalue weighted by Crippen LogP contribution is -2.54. The number of carbonyl (C=O) groups is 3. The number of hydrogen-bond donors (Lipinski definition) is 2. The lowest BCUT2D eigenvalue weighted by molar-refractivity contribution is -0.142. The van der Waals surface area contributed by atoms with E-state index < -0.39 is 23.8 Å². The molecule has 0 fully saturated rings. The molecular formula is C31H53N3O4S. The Bertz CT molecular complexity index is 914. The van der Waals surface area contributed by atoms with Gasteiger partial charge in [-0.05, 0) is 90.0 Å². The maximum Gasteiger partial charge on any atom is 0.408 e. The van der Waals surface area contributed by atoms with Gasteiger partial charge in [0.1, 0.15) is 17.7 Å². The lowest BCUT2D eigenvalue weighted by atomic mass is 9.97. The highest BCUT2D eigenvalue weighted by Gasteiger charge is 2.36. The van der Waals surface area contributed by atoms with Crippen LogP contribution in [0, 0.1) is 13.8 Å². The van der Waals surface area contributed by atoms with Gasteiger partial charge in [0.25, 0.3) is 0 Å². The van der Waals surface area contributed by atoms with E-state index in [-0.39, 0.29) is 17.9 Å². The molecule has 2 unspecified atom stereocenters. The van der Waals surface area contributed by atoms with Crippen molar-refractivity contribution < 1.29 is 19.1 Å². The molecule has 0 aromatic heterocycles. The fourth-order valence-electron chi connectivity index (χ4n) is 4.34. The van der Waals surface area contributed by atoms with Gasteiger partial charge in [-0.2, -0.15) is 11.8 Å². The highest BCUT2D eigenvalue weighted by molar-refractivity contribution is 7.98. The van der Waals surface area contributed by atoms with E-state index in [1.54, 1.807) is 37.4 Å². The van der Waals surface area contributed by atoms with Crippen LogP contribution in [0.5, 0.6) is 0 Å². The summed E-state index contributed by atoms with van der Waals surface area (Å²) in [5, 5.41) is 5.85. The minimum atomic E-state index is -0.799. The van der Waals surface area contributed by atoms with Crippen LogP contribution >= 0.6 is 11.8 Å². The first-order valence-corrected chi connectivity index (χ1v) is 15.9. The van der Waals surface area contributed by atoms with Gasteiger partial charge in [0.05, 0.1) is 0 Å². The minimum absolute atomic E-state index is 0.0790. The highest BCUT2D eigenvalue weighted by Crippen LogP contribution is 2.26. The number of alkyl carbamates (subject to hydrolysis) is 1. The van der Waals surface area contributed by atoms with Crippen molar-refractivity contribution in [3.8, 4) is 0 Å². The zero-order valence-corrected chi connectivity index (χ0v) is 26.6. The van der Waals surface area contributed by atoms with Gasteiger partial charge >= 0.3 is 6.09 Å². The maximum absolute atomic E-state index is 14.2. The number of nitrogens with zero attached hydrogens (tertiary/aromatic N) is 1. The van der Waals surface area contributed by atoms with Gasteiger partial charge in [-0.25, -0.2) is 4.79 Å². The molecule has 2 N–H and O–H groups in total. The smallest absolute Gasteiger partial charge is 0.408 e. The predicted octanol–water partition coefficient (Wildman–Crippen LogP) is 6.70. The van der Waals surface area contributed by atoms with Gasteiger partial charge in [0, 0.05) is 12.6 Å². The molecule has 0 bridgehead atoms. The molecule has 1 aromatic carbocycles. The average molecular weight is 564 g/mol. The standard InChI is InChI=1S/C31H53N3O4S/c1-10-11-12-13-14-15-19-34(29(36)26(18-20-39-9)33-30(37)38-31(6,7)8)27(28(35)32-22(2)3)25-17-16-23(4)24(5)21-25/h16-17,21-22,26-27H,10-15,18-20H2,1-9H3,(H,32,35)(H,33,37). The number of hydrogen-bond acceptors (Lipinski definition) is 5. The van der Waals surface area contributed by atoms with Crippen LogP contribution in [0.2, 0.25) is 0 Å². The molecule has 0 radical (unpaired) electrons. The Morgan fingerprint density at radius 3 is 2.18 bits per heavy atom. The maximum atomic E-state index is 14.2. The Balaban J connectivity index is 3.45. The van der Waals surface area contributed by atoms with E-state index in [4.69, 9.17) is 4.74 Å². The molecule has 39 heavy (non-hydrogen) atoms. The molecule has 3 amide bonds. The number of aryl methyl sites for hydroxylation is 2. The number of unbranched alkanes of at least 4 members (excludes halogenated alkanes) is 5. The number of rotatable bonds is 16. The fourth-order valence-corrected chi connectivity index (χ4v) is 4.81. The summed E-state index contributed by atoms with van der Waals surface area (Å²) >= 11 is 1.61. The van der Waals surface area contributed by atoms with Gasteiger partial charge in [-0.15, -0.1) is 0 Å². The highest BCUT2D eigenvalue weighted by atomic mass is 32.2. The van der Waals surface area contributed by atoms with Crippen LogP contribution in [0.25, 0.3) is 0 Å². The summed E-state index contributed by atoms with van der Waals surface area (Å²) < 4.78 is 5.48. The summed E-state index contributed by atoms with van der Waals surface area (Å²) in [5.74, 6) is 0.211. The van der Waals surface area contributed by atoms with Crippen LogP contribution in [-0.4, -0.2) is 59.0 Å².